The molecule has 0 unspecified atom stereocenters. The molecule has 1 aromatic heterocycles. The lowest BCUT2D eigenvalue weighted by atomic mass is 9.88. The van der Waals surface area contributed by atoms with Gasteiger partial charge in [-0.3, -0.25) is 14.5 Å². The number of nitrogens with one attached hydrogen (secondary N) is 1. The Morgan fingerprint density at radius 3 is 2.53 bits per heavy atom. The Hall–Kier alpha value is -1.69. The first-order chi connectivity index (χ1) is 14.7. The van der Waals surface area contributed by atoms with Gasteiger partial charge in [0.25, 0.3) is 5.56 Å². The van der Waals surface area contributed by atoms with E-state index in [1.54, 1.807) is 0 Å². The molecule has 0 spiro atoms. The number of hydrogen-bond acceptors (Lipinski definition) is 4. The van der Waals surface area contributed by atoms with E-state index in [1.807, 2.05) is 4.90 Å². The van der Waals surface area contributed by atoms with Crippen LogP contribution < -0.4 is 5.56 Å². The topological polar surface area (TPSA) is 69.3 Å². The summed E-state index contributed by atoms with van der Waals surface area (Å²) >= 11 is 0. The number of likely N-dealkylation sites (tertiary alicyclic amines) is 1. The minimum Gasteiger partial charge on any atom is -0.332 e. The molecular formula is C24H36N4O2. The molecule has 6 heteroatoms. The van der Waals surface area contributed by atoms with Crippen LogP contribution in [-0.2, 0) is 17.8 Å². The van der Waals surface area contributed by atoms with Gasteiger partial charge < -0.3 is 9.88 Å². The summed E-state index contributed by atoms with van der Waals surface area (Å²) in [6.45, 7) is 3.64. The highest BCUT2D eigenvalue weighted by molar-refractivity contribution is 5.79. The highest BCUT2D eigenvalue weighted by atomic mass is 16.2. The van der Waals surface area contributed by atoms with E-state index in [2.05, 4.69) is 9.88 Å². The number of nitrogens with zero attached hydrogens (tertiary/aromatic N) is 3. The number of rotatable bonds is 4. The molecule has 1 aromatic rings. The molecule has 1 atom stereocenters. The molecule has 2 aliphatic heterocycles. The standard InChI is InChI=1S/C24H36N4O2/c29-23-19-16-27(15-17-7-2-1-3-8-17)14-12-20(19)25-22(26-23)21-11-6-13-28(21)24(30)18-9-4-5-10-18/h17-18,21H,1-16H2,(H,25,26,29)/t21-/m0/s1. The van der Waals surface area contributed by atoms with Gasteiger partial charge >= 0.3 is 0 Å². The van der Waals surface area contributed by atoms with Crippen molar-refractivity contribution < 1.29 is 4.79 Å². The highest BCUT2D eigenvalue weighted by Gasteiger charge is 2.37. The molecule has 0 bridgehead atoms. The number of carbonyl (C=O) groups excluding carboxylic acids is 1. The minimum absolute atomic E-state index is 0.0171. The maximum atomic E-state index is 13.0. The van der Waals surface area contributed by atoms with Gasteiger partial charge in [0.1, 0.15) is 5.82 Å². The summed E-state index contributed by atoms with van der Waals surface area (Å²) in [5, 5.41) is 0. The summed E-state index contributed by atoms with van der Waals surface area (Å²) in [7, 11) is 0. The van der Waals surface area contributed by atoms with Gasteiger partial charge in [-0.15, -0.1) is 0 Å². The Bertz CT molecular complexity index is 823. The van der Waals surface area contributed by atoms with Crippen LogP contribution in [0.25, 0.3) is 0 Å². The highest BCUT2D eigenvalue weighted by Crippen LogP contribution is 2.35. The Morgan fingerprint density at radius 2 is 1.73 bits per heavy atom. The van der Waals surface area contributed by atoms with Crippen molar-refractivity contribution in [3.05, 3.63) is 27.4 Å². The fourth-order valence-corrected chi connectivity index (χ4v) is 6.27. The summed E-state index contributed by atoms with van der Waals surface area (Å²) in [4.78, 5) is 38.5. The van der Waals surface area contributed by atoms with Gasteiger partial charge in [0.15, 0.2) is 0 Å². The van der Waals surface area contributed by atoms with E-state index in [-0.39, 0.29) is 23.4 Å². The molecule has 1 amide bonds. The molecule has 0 aromatic carbocycles. The number of aromatic amines is 1. The lowest BCUT2D eigenvalue weighted by molar-refractivity contribution is -0.136. The fourth-order valence-electron chi connectivity index (χ4n) is 6.27. The summed E-state index contributed by atoms with van der Waals surface area (Å²) in [5.74, 6) is 1.99. The summed E-state index contributed by atoms with van der Waals surface area (Å²) in [5.41, 5.74) is 1.84. The van der Waals surface area contributed by atoms with E-state index in [0.717, 1.165) is 81.3 Å². The quantitative estimate of drug-likeness (QED) is 0.821. The monoisotopic (exact) mass is 412 g/mol. The zero-order valence-electron chi connectivity index (χ0n) is 18.2. The molecule has 3 heterocycles. The smallest absolute Gasteiger partial charge is 0.255 e. The van der Waals surface area contributed by atoms with E-state index in [0.29, 0.717) is 0 Å². The van der Waals surface area contributed by atoms with Crippen molar-refractivity contribution in [2.24, 2.45) is 11.8 Å². The number of fused-ring (bicyclic) bond motifs is 1. The molecule has 1 saturated heterocycles. The molecular weight excluding hydrogens is 376 g/mol. The normalized spacial score (nSPS) is 26.3. The van der Waals surface area contributed by atoms with Crippen LogP contribution in [0.5, 0.6) is 0 Å². The summed E-state index contributed by atoms with van der Waals surface area (Å²) in [6, 6.07) is -0.0450. The average Bonchev–Trinajstić information content (AvgIpc) is 3.47. The first-order valence-electron chi connectivity index (χ1n) is 12.3. The number of hydrogen-bond donors (Lipinski definition) is 1. The van der Waals surface area contributed by atoms with Crippen LogP contribution >= 0.6 is 0 Å². The fraction of sp³-hybridized carbons (Fsp3) is 0.792. The Labute approximate surface area is 179 Å². The molecule has 4 aliphatic rings. The van der Waals surface area contributed by atoms with E-state index in [4.69, 9.17) is 4.98 Å². The molecule has 0 radical (unpaired) electrons. The Kier molecular flexibility index (Phi) is 5.94. The van der Waals surface area contributed by atoms with Crippen LogP contribution in [0.1, 0.15) is 93.8 Å². The predicted molar refractivity (Wildman–Crippen MR) is 116 cm³/mol. The van der Waals surface area contributed by atoms with Gasteiger partial charge in [-0.1, -0.05) is 32.1 Å². The average molecular weight is 413 g/mol. The minimum atomic E-state index is -0.0450. The van der Waals surface area contributed by atoms with Gasteiger partial charge in [0, 0.05) is 38.5 Å². The Morgan fingerprint density at radius 1 is 0.967 bits per heavy atom. The molecule has 5 rings (SSSR count). The van der Waals surface area contributed by atoms with Gasteiger partial charge in [-0.25, -0.2) is 4.98 Å². The molecule has 6 nitrogen and oxygen atoms in total. The molecule has 3 fully saturated rings. The van der Waals surface area contributed by atoms with E-state index in [9.17, 15) is 9.59 Å². The van der Waals surface area contributed by atoms with Crippen LogP contribution in [0, 0.1) is 11.8 Å². The van der Waals surface area contributed by atoms with Crippen molar-refractivity contribution in [2.45, 2.75) is 89.6 Å². The second kappa shape index (κ2) is 8.81. The zero-order valence-corrected chi connectivity index (χ0v) is 18.2. The van der Waals surface area contributed by atoms with E-state index in [1.165, 1.54) is 44.9 Å². The number of amides is 1. The first kappa shape index (κ1) is 20.2. The second-order valence-corrected chi connectivity index (χ2v) is 10.0. The van der Waals surface area contributed by atoms with Gasteiger partial charge in [-0.05, 0) is 44.4 Å². The largest absolute Gasteiger partial charge is 0.332 e. The third kappa shape index (κ3) is 4.08. The molecule has 2 aliphatic carbocycles. The van der Waals surface area contributed by atoms with Crippen molar-refractivity contribution in [2.75, 3.05) is 19.6 Å². The zero-order chi connectivity index (χ0) is 20.5. The first-order valence-corrected chi connectivity index (χ1v) is 12.3. The second-order valence-electron chi connectivity index (χ2n) is 10.0. The Balaban J connectivity index is 1.30. The number of aromatic nitrogens is 2. The third-order valence-corrected chi connectivity index (χ3v) is 7.96. The van der Waals surface area contributed by atoms with Gasteiger partial charge in [0.05, 0.1) is 17.3 Å². The van der Waals surface area contributed by atoms with Crippen LogP contribution in [-0.4, -0.2) is 45.3 Å². The van der Waals surface area contributed by atoms with Crippen molar-refractivity contribution in [1.82, 2.24) is 19.8 Å². The SMILES string of the molecule is O=C(C1CCCC1)N1CCC[C@H]1c1nc2c(c(=O)[nH]1)CN(CC1CCCCC1)CC2. The van der Waals surface area contributed by atoms with Crippen LogP contribution in [0.3, 0.4) is 0 Å². The maximum Gasteiger partial charge on any atom is 0.255 e. The molecule has 1 N–H and O–H groups in total. The van der Waals surface area contributed by atoms with E-state index >= 15 is 0 Å². The van der Waals surface area contributed by atoms with Crippen LogP contribution in [0.2, 0.25) is 0 Å². The number of H-pyrrole nitrogens is 1. The van der Waals surface area contributed by atoms with Crippen LogP contribution in [0.4, 0.5) is 0 Å². The number of carbonyl (C=O) groups is 1. The van der Waals surface area contributed by atoms with Gasteiger partial charge in [0.2, 0.25) is 5.91 Å². The maximum absolute atomic E-state index is 13.0. The van der Waals surface area contributed by atoms with Crippen molar-refractivity contribution in [3.63, 3.8) is 0 Å². The molecule has 30 heavy (non-hydrogen) atoms. The summed E-state index contributed by atoms with van der Waals surface area (Å²) < 4.78 is 0. The summed E-state index contributed by atoms with van der Waals surface area (Å²) in [6.07, 6.45) is 13.9. The van der Waals surface area contributed by atoms with Crippen molar-refractivity contribution in [1.29, 1.82) is 0 Å². The van der Waals surface area contributed by atoms with Crippen LogP contribution in [0.15, 0.2) is 4.79 Å². The van der Waals surface area contributed by atoms with Gasteiger partial charge in [-0.2, -0.15) is 0 Å². The third-order valence-electron chi connectivity index (χ3n) is 7.96. The van der Waals surface area contributed by atoms with E-state index < -0.39 is 0 Å². The molecule has 2 saturated carbocycles. The molecule has 164 valence electrons. The lowest BCUT2D eigenvalue weighted by Crippen LogP contribution is -2.40. The lowest BCUT2D eigenvalue weighted by Gasteiger charge is -2.33. The van der Waals surface area contributed by atoms with Crippen molar-refractivity contribution >= 4 is 5.91 Å². The van der Waals surface area contributed by atoms with Crippen molar-refractivity contribution in [3.8, 4) is 0 Å². The predicted octanol–water partition coefficient (Wildman–Crippen LogP) is 3.56.